The Balaban J connectivity index is 1.08. The molecule has 0 spiro atoms. The summed E-state index contributed by atoms with van der Waals surface area (Å²) < 4.78 is 2.38. The van der Waals surface area contributed by atoms with Crippen LogP contribution < -0.4 is 4.90 Å². The fourth-order valence-electron chi connectivity index (χ4n) is 7.81. The number of hydrogen-bond acceptors (Lipinski definition) is 1. The zero-order valence-corrected chi connectivity index (χ0v) is 26.9. The van der Waals surface area contributed by atoms with Crippen molar-refractivity contribution in [2.45, 2.75) is 6.42 Å². The third-order valence-corrected chi connectivity index (χ3v) is 10.2. The van der Waals surface area contributed by atoms with Crippen molar-refractivity contribution in [1.82, 2.24) is 4.57 Å². The van der Waals surface area contributed by atoms with Crippen molar-refractivity contribution < 1.29 is 0 Å². The zero-order valence-electron chi connectivity index (χ0n) is 26.9. The number of anilines is 3. The predicted octanol–water partition coefficient (Wildman–Crippen LogP) is 12.6. The van der Waals surface area contributed by atoms with Gasteiger partial charge in [0.2, 0.25) is 0 Å². The van der Waals surface area contributed by atoms with E-state index in [1.54, 1.807) is 0 Å². The maximum atomic E-state index is 2.45. The lowest BCUT2D eigenvalue weighted by Crippen LogP contribution is -2.18. The molecule has 0 amide bonds. The maximum Gasteiger partial charge on any atom is 0.0541 e. The minimum Gasteiger partial charge on any atom is -0.310 e. The van der Waals surface area contributed by atoms with Crippen LogP contribution in [0.3, 0.4) is 0 Å². The maximum absolute atomic E-state index is 2.45. The van der Waals surface area contributed by atoms with Crippen LogP contribution in [0.15, 0.2) is 182 Å². The lowest BCUT2D eigenvalue weighted by molar-refractivity contribution is 1.09. The zero-order chi connectivity index (χ0) is 32.3. The highest BCUT2D eigenvalue weighted by Crippen LogP contribution is 2.46. The molecule has 1 aliphatic rings. The molecule has 8 aromatic carbocycles. The van der Waals surface area contributed by atoms with Crippen molar-refractivity contribution in [2.24, 2.45) is 0 Å². The van der Waals surface area contributed by atoms with Crippen LogP contribution in [0.5, 0.6) is 0 Å². The highest BCUT2D eigenvalue weighted by atomic mass is 15.2. The van der Waals surface area contributed by atoms with Crippen molar-refractivity contribution in [3.63, 3.8) is 0 Å². The Bertz CT molecular complexity index is 2630. The number of rotatable bonds is 4. The first-order valence-corrected chi connectivity index (χ1v) is 17.0. The Morgan fingerprint density at radius 1 is 0.347 bits per heavy atom. The summed E-state index contributed by atoms with van der Waals surface area (Å²) in [4.78, 5) is 2.45. The number of nitrogens with zero attached hydrogens (tertiary/aromatic N) is 2. The summed E-state index contributed by atoms with van der Waals surface area (Å²) in [5.41, 5.74) is 14.9. The van der Waals surface area contributed by atoms with E-state index in [1.165, 1.54) is 88.7 Å². The summed E-state index contributed by atoms with van der Waals surface area (Å²) in [6.07, 6.45) is 0.878. The van der Waals surface area contributed by atoms with Gasteiger partial charge in [0.25, 0.3) is 0 Å². The van der Waals surface area contributed by atoms with Gasteiger partial charge in [0.1, 0.15) is 0 Å². The van der Waals surface area contributed by atoms with Crippen molar-refractivity contribution in [3.05, 3.63) is 193 Å². The van der Waals surface area contributed by atoms with Gasteiger partial charge in [-0.05, 0) is 105 Å². The molecule has 0 bridgehead atoms. The first-order chi connectivity index (χ1) is 24.3. The van der Waals surface area contributed by atoms with Gasteiger partial charge < -0.3 is 9.47 Å². The molecule has 10 rings (SSSR count). The lowest BCUT2D eigenvalue weighted by Gasteiger charge is -2.34. The highest BCUT2D eigenvalue weighted by molar-refractivity contribution is 6.09. The summed E-state index contributed by atoms with van der Waals surface area (Å²) in [7, 11) is 0. The minimum absolute atomic E-state index is 0.878. The van der Waals surface area contributed by atoms with Crippen LogP contribution in [-0.2, 0) is 6.42 Å². The largest absolute Gasteiger partial charge is 0.310 e. The normalized spacial score (nSPS) is 12.4. The molecular formula is C47H32N2. The van der Waals surface area contributed by atoms with E-state index >= 15 is 0 Å². The average molecular weight is 625 g/mol. The fraction of sp³-hybridized carbons (Fsp3) is 0.0213. The second kappa shape index (κ2) is 11.1. The van der Waals surface area contributed by atoms with E-state index in [0.717, 1.165) is 6.42 Å². The van der Waals surface area contributed by atoms with E-state index in [9.17, 15) is 0 Å². The molecule has 9 aromatic rings. The van der Waals surface area contributed by atoms with Gasteiger partial charge in [-0.15, -0.1) is 0 Å². The van der Waals surface area contributed by atoms with Crippen LogP contribution in [0.1, 0.15) is 11.1 Å². The van der Waals surface area contributed by atoms with Crippen molar-refractivity contribution >= 4 is 49.6 Å². The summed E-state index contributed by atoms with van der Waals surface area (Å²) in [6.45, 7) is 0. The van der Waals surface area contributed by atoms with Gasteiger partial charge in [-0.3, -0.25) is 0 Å². The topological polar surface area (TPSA) is 8.17 Å². The van der Waals surface area contributed by atoms with E-state index in [0.29, 0.717) is 0 Å². The van der Waals surface area contributed by atoms with Crippen molar-refractivity contribution in [1.29, 1.82) is 0 Å². The third kappa shape index (κ3) is 4.57. The molecular weight excluding hydrogens is 593 g/mol. The lowest BCUT2D eigenvalue weighted by atomic mass is 9.90. The third-order valence-electron chi connectivity index (χ3n) is 10.2. The second-order valence-electron chi connectivity index (χ2n) is 13.0. The van der Waals surface area contributed by atoms with Gasteiger partial charge in [0, 0.05) is 39.9 Å². The number of benzene rings is 8. The number of para-hydroxylation sites is 2. The quantitative estimate of drug-likeness (QED) is 0.189. The number of fused-ring (bicyclic) bond motifs is 6. The standard InChI is InChI=1S/C47H32N2/c1-2-10-32(11-3-1)36-21-26-44-38(28-36)30-39-29-37(22-27-45(39)49(44)41-25-20-33-12-4-5-13-35(33)31-41)34-18-23-40(24-19-34)48-46-16-8-6-14-42(46)43-15-7-9-17-47(43)48/h1-29,31H,30H2. The molecule has 0 fully saturated rings. The van der Waals surface area contributed by atoms with Crippen LogP contribution in [0.2, 0.25) is 0 Å². The summed E-state index contributed by atoms with van der Waals surface area (Å²) >= 11 is 0. The predicted molar refractivity (Wildman–Crippen MR) is 207 cm³/mol. The van der Waals surface area contributed by atoms with Gasteiger partial charge >= 0.3 is 0 Å². The van der Waals surface area contributed by atoms with Crippen molar-refractivity contribution in [2.75, 3.05) is 4.90 Å². The van der Waals surface area contributed by atoms with E-state index in [2.05, 4.69) is 191 Å². The Labute approximate surface area is 285 Å². The van der Waals surface area contributed by atoms with Crippen LogP contribution >= 0.6 is 0 Å². The Kier molecular flexibility index (Phi) is 6.28. The fourth-order valence-corrected chi connectivity index (χ4v) is 7.81. The smallest absolute Gasteiger partial charge is 0.0541 e. The van der Waals surface area contributed by atoms with Crippen LogP contribution in [0, 0.1) is 0 Å². The minimum atomic E-state index is 0.878. The van der Waals surface area contributed by atoms with Gasteiger partial charge in [0.15, 0.2) is 0 Å². The van der Waals surface area contributed by atoms with Crippen LogP contribution in [0.4, 0.5) is 17.1 Å². The molecule has 0 radical (unpaired) electrons. The van der Waals surface area contributed by atoms with E-state index in [4.69, 9.17) is 0 Å². The first kappa shape index (κ1) is 27.7. The molecule has 230 valence electrons. The molecule has 0 saturated carbocycles. The molecule has 2 nitrogen and oxygen atoms in total. The molecule has 1 aliphatic heterocycles. The molecule has 49 heavy (non-hydrogen) atoms. The second-order valence-corrected chi connectivity index (χ2v) is 13.0. The van der Waals surface area contributed by atoms with E-state index in [-0.39, 0.29) is 0 Å². The van der Waals surface area contributed by atoms with E-state index < -0.39 is 0 Å². The monoisotopic (exact) mass is 624 g/mol. The van der Waals surface area contributed by atoms with Crippen molar-refractivity contribution in [3.8, 4) is 27.9 Å². The highest BCUT2D eigenvalue weighted by Gasteiger charge is 2.25. The molecule has 1 aromatic heterocycles. The SMILES string of the molecule is c1ccc(-c2ccc3c(c2)Cc2cc(-c4ccc(-n5c6ccccc6c6ccccc65)cc4)ccc2N3c2ccc3ccccc3c2)cc1. The molecule has 2 heteroatoms. The molecule has 0 aliphatic carbocycles. The van der Waals surface area contributed by atoms with E-state index in [1.807, 2.05) is 0 Å². The van der Waals surface area contributed by atoms with Gasteiger partial charge in [0.05, 0.1) is 11.0 Å². The molecule has 0 saturated heterocycles. The molecule has 0 atom stereocenters. The first-order valence-electron chi connectivity index (χ1n) is 17.0. The molecule has 0 N–H and O–H groups in total. The van der Waals surface area contributed by atoms with Gasteiger partial charge in [-0.2, -0.15) is 0 Å². The Morgan fingerprint density at radius 3 is 1.51 bits per heavy atom. The molecule has 2 heterocycles. The summed E-state index contributed by atoms with van der Waals surface area (Å²) in [6, 6.07) is 66.5. The number of aromatic nitrogens is 1. The number of hydrogen-bond donors (Lipinski definition) is 0. The Hall–Kier alpha value is -6.38. The van der Waals surface area contributed by atoms with Crippen LogP contribution in [-0.4, -0.2) is 4.57 Å². The van der Waals surface area contributed by atoms with Gasteiger partial charge in [-0.25, -0.2) is 0 Å². The van der Waals surface area contributed by atoms with Gasteiger partial charge in [-0.1, -0.05) is 121 Å². The molecule has 0 unspecified atom stereocenters. The Morgan fingerprint density at radius 2 is 0.857 bits per heavy atom. The summed E-state index contributed by atoms with van der Waals surface area (Å²) in [5, 5.41) is 5.06. The van der Waals surface area contributed by atoms with Crippen LogP contribution in [0.25, 0.3) is 60.5 Å². The summed E-state index contributed by atoms with van der Waals surface area (Å²) in [5.74, 6) is 0. The average Bonchev–Trinajstić information content (AvgIpc) is 3.51.